The fourth-order valence-corrected chi connectivity index (χ4v) is 2.06. The molecule has 3 rings (SSSR count). The second kappa shape index (κ2) is 6.26. The molecule has 0 bridgehead atoms. The highest BCUT2D eigenvalue weighted by Crippen LogP contribution is 2.13. The summed E-state index contributed by atoms with van der Waals surface area (Å²) >= 11 is 0. The van der Waals surface area contributed by atoms with E-state index in [1.807, 2.05) is 42.5 Å². The molecule has 0 aliphatic rings. The summed E-state index contributed by atoms with van der Waals surface area (Å²) in [6.07, 6.45) is 2.76. The number of benzene rings is 1. The van der Waals surface area contributed by atoms with Crippen LogP contribution in [-0.2, 0) is 11.2 Å². The average molecular weight is 296 g/mol. The summed E-state index contributed by atoms with van der Waals surface area (Å²) < 4.78 is 7.16. The Hall–Kier alpha value is -2.89. The van der Waals surface area contributed by atoms with Crippen molar-refractivity contribution < 1.29 is 9.53 Å². The van der Waals surface area contributed by atoms with Crippen molar-refractivity contribution in [1.29, 1.82) is 0 Å². The molecular formula is C16H16N4O2. The highest BCUT2D eigenvalue weighted by atomic mass is 16.5. The Morgan fingerprint density at radius 3 is 2.77 bits per heavy atom. The lowest BCUT2D eigenvalue weighted by Crippen LogP contribution is -2.21. The van der Waals surface area contributed by atoms with Crippen LogP contribution in [0, 0.1) is 0 Å². The van der Waals surface area contributed by atoms with Gasteiger partial charge in [-0.25, -0.2) is 0 Å². The predicted octanol–water partition coefficient (Wildman–Crippen LogP) is 2.31. The Morgan fingerprint density at radius 1 is 1.18 bits per heavy atom. The Bertz CT molecular complexity index is 780. The number of nitrogens with zero attached hydrogens (tertiary/aromatic N) is 3. The summed E-state index contributed by atoms with van der Waals surface area (Å²) in [4.78, 5) is 11.9. The van der Waals surface area contributed by atoms with Crippen LogP contribution < -0.4 is 10.1 Å². The molecule has 22 heavy (non-hydrogen) atoms. The van der Waals surface area contributed by atoms with E-state index < -0.39 is 0 Å². The van der Waals surface area contributed by atoms with Crippen LogP contribution >= 0.6 is 0 Å². The van der Waals surface area contributed by atoms with E-state index in [2.05, 4.69) is 22.4 Å². The number of anilines is 1. The van der Waals surface area contributed by atoms with E-state index in [9.17, 15) is 4.79 Å². The van der Waals surface area contributed by atoms with E-state index in [4.69, 9.17) is 4.74 Å². The molecule has 1 aromatic carbocycles. The third-order valence-corrected chi connectivity index (χ3v) is 3.27. The van der Waals surface area contributed by atoms with E-state index in [0.29, 0.717) is 17.3 Å². The molecule has 1 N–H and O–H groups in total. The van der Waals surface area contributed by atoms with Crippen molar-refractivity contribution in [3.63, 3.8) is 0 Å². The highest BCUT2D eigenvalue weighted by Gasteiger charge is 2.09. The third-order valence-electron chi connectivity index (χ3n) is 3.27. The Morgan fingerprint density at radius 2 is 2.00 bits per heavy atom. The van der Waals surface area contributed by atoms with Crippen LogP contribution in [0.4, 0.5) is 5.95 Å². The molecule has 2 heterocycles. The number of hydrogen-bond acceptors (Lipinski definition) is 4. The first-order chi connectivity index (χ1) is 10.8. The van der Waals surface area contributed by atoms with Crippen molar-refractivity contribution in [2.75, 3.05) is 11.9 Å². The minimum absolute atomic E-state index is 0.0762. The van der Waals surface area contributed by atoms with Gasteiger partial charge in [0.1, 0.15) is 5.75 Å². The lowest BCUT2D eigenvalue weighted by molar-refractivity contribution is -0.118. The van der Waals surface area contributed by atoms with Crippen molar-refractivity contribution in [1.82, 2.24) is 14.6 Å². The number of hydrogen-bond donors (Lipinski definition) is 1. The van der Waals surface area contributed by atoms with Crippen molar-refractivity contribution >= 4 is 17.5 Å². The largest absolute Gasteiger partial charge is 0.484 e. The summed E-state index contributed by atoms with van der Waals surface area (Å²) in [6.45, 7) is 2.01. The van der Waals surface area contributed by atoms with Crippen molar-refractivity contribution in [2.45, 2.75) is 13.3 Å². The average Bonchev–Trinajstić information content (AvgIpc) is 2.97. The van der Waals surface area contributed by atoms with Gasteiger partial charge >= 0.3 is 0 Å². The molecule has 0 saturated carbocycles. The van der Waals surface area contributed by atoms with Crippen LogP contribution in [0.1, 0.15) is 12.5 Å². The van der Waals surface area contributed by atoms with Gasteiger partial charge in [-0.2, -0.15) is 0 Å². The lowest BCUT2D eigenvalue weighted by Gasteiger charge is -2.07. The van der Waals surface area contributed by atoms with Gasteiger partial charge in [0.05, 0.1) is 0 Å². The van der Waals surface area contributed by atoms with E-state index in [1.165, 1.54) is 5.56 Å². The lowest BCUT2D eigenvalue weighted by atomic mass is 10.2. The molecule has 0 saturated heterocycles. The van der Waals surface area contributed by atoms with Gasteiger partial charge in [0.15, 0.2) is 12.3 Å². The number of nitrogens with one attached hydrogen (secondary N) is 1. The first kappa shape index (κ1) is 14.1. The second-order valence-electron chi connectivity index (χ2n) is 4.79. The zero-order valence-electron chi connectivity index (χ0n) is 12.2. The molecule has 112 valence electrons. The number of amides is 1. The first-order valence-electron chi connectivity index (χ1n) is 7.07. The van der Waals surface area contributed by atoms with Crippen LogP contribution in [0.25, 0.3) is 5.65 Å². The molecule has 3 aromatic rings. The summed E-state index contributed by atoms with van der Waals surface area (Å²) in [5, 5.41) is 10.6. The topological polar surface area (TPSA) is 68.5 Å². The SMILES string of the molecule is CCc1ccc(OCC(=O)Nc2nnc3ccccn23)cc1. The zero-order chi connectivity index (χ0) is 15.4. The molecule has 6 heteroatoms. The minimum atomic E-state index is -0.280. The van der Waals surface area contributed by atoms with Gasteiger partial charge in [0.25, 0.3) is 5.91 Å². The molecule has 0 atom stereocenters. The quantitative estimate of drug-likeness (QED) is 0.784. The van der Waals surface area contributed by atoms with Gasteiger partial charge in [-0.15, -0.1) is 10.2 Å². The zero-order valence-corrected chi connectivity index (χ0v) is 12.2. The fraction of sp³-hybridized carbons (Fsp3) is 0.188. The van der Waals surface area contributed by atoms with Gasteiger partial charge in [-0.1, -0.05) is 25.1 Å². The number of rotatable bonds is 5. The summed E-state index contributed by atoms with van der Waals surface area (Å²) in [5.41, 5.74) is 1.90. The number of fused-ring (bicyclic) bond motifs is 1. The van der Waals surface area contributed by atoms with E-state index in [1.54, 1.807) is 10.6 Å². The highest BCUT2D eigenvalue weighted by molar-refractivity contribution is 5.90. The van der Waals surface area contributed by atoms with Gasteiger partial charge < -0.3 is 4.74 Å². The molecule has 6 nitrogen and oxygen atoms in total. The van der Waals surface area contributed by atoms with Crippen molar-refractivity contribution in [3.8, 4) is 5.75 Å². The normalized spacial score (nSPS) is 10.6. The van der Waals surface area contributed by atoms with Gasteiger partial charge in [-0.05, 0) is 36.2 Å². The maximum Gasteiger partial charge on any atom is 0.264 e. The number of aromatic nitrogens is 3. The smallest absolute Gasteiger partial charge is 0.264 e. The number of ether oxygens (including phenoxy) is 1. The van der Waals surface area contributed by atoms with Crippen molar-refractivity contribution in [3.05, 3.63) is 54.2 Å². The fourth-order valence-electron chi connectivity index (χ4n) is 2.06. The van der Waals surface area contributed by atoms with Crippen LogP contribution in [0.15, 0.2) is 48.7 Å². The molecule has 1 amide bonds. The van der Waals surface area contributed by atoms with Crippen LogP contribution in [-0.4, -0.2) is 27.1 Å². The third kappa shape index (κ3) is 3.06. The maximum absolute atomic E-state index is 11.9. The monoisotopic (exact) mass is 296 g/mol. The van der Waals surface area contributed by atoms with Crippen LogP contribution in [0.3, 0.4) is 0 Å². The van der Waals surface area contributed by atoms with Crippen LogP contribution in [0.5, 0.6) is 5.75 Å². The molecule has 0 fully saturated rings. The first-order valence-corrected chi connectivity index (χ1v) is 7.07. The minimum Gasteiger partial charge on any atom is -0.484 e. The summed E-state index contributed by atoms with van der Waals surface area (Å²) in [5.74, 6) is 0.765. The Kier molecular flexibility index (Phi) is 4.00. The molecule has 0 radical (unpaired) electrons. The van der Waals surface area contributed by atoms with E-state index in [0.717, 1.165) is 6.42 Å². The summed E-state index contributed by atoms with van der Waals surface area (Å²) in [7, 11) is 0. The van der Waals surface area contributed by atoms with Crippen molar-refractivity contribution in [2.24, 2.45) is 0 Å². The summed E-state index contributed by atoms with van der Waals surface area (Å²) in [6, 6.07) is 13.2. The Labute approximate surface area is 127 Å². The Balaban J connectivity index is 1.60. The van der Waals surface area contributed by atoms with Gasteiger partial charge in [0, 0.05) is 6.20 Å². The molecule has 2 aromatic heterocycles. The van der Waals surface area contributed by atoms with Gasteiger partial charge in [0.2, 0.25) is 5.95 Å². The standard InChI is InChI=1S/C16H16N4O2/c1-2-12-6-8-13(9-7-12)22-11-15(21)17-16-19-18-14-5-3-4-10-20(14)16/h3-10H,2,11H2,1H3,(H,17,19,21). The van der Waals surface area contributed by atoms with Crippen LogP contribution in [0.2, 0.25) is 0 Å². The molecule has 0 aliphatic carbocycles. The molecular weight excluding hydrogens is 280 g/mol. The maximum atomic E-state index is 11.9. The van der Waals surface area contributed by atoms with E-state index >= 15 is 0 Å². The molecule has 0 spiro atoms. The number of carbonyl (C=O) groups excluding carboxylic acids is 1. The predicted molar refractivity (Wildman–Crippen MR) is 82.9 cm³/mol. The van der Waals surface area contributed by atoms with E-state index in [-0.39, 0.29) is 12.5 Å². The van der Waals surface area contributed by atoms with Gasteiger partial charge in [-0.3, -0.25) is 14.5 Å². The molecule has 0 unspecified atom stereocenters. The number of pyridine rings is 1. The number of aryl methyl sites for hydroxylation is 1. The number of carbonyl (C=O) groups is 1. The second-order valence-corrected chi connectivity index (χ2v) is 4.79. The molecule has 0 aliphatic heterocycles.